The van der Waals surface area contributed by atoms with Crippen LogP contribution in [0.5, 0.6) is 0 Å². The molecule has 2 aromatic rings. The predicted octanol–water partition coefficient (Wildman–Crippen LogP) is 2.86. The van der Waals surface area contributed by atoms with Crippen LogP contribution in [0.2, 0.25) is 5.15 Å². The fourth-order valence-electron chi connectivity index (χ4n) is 3.43. The summed E-state index contributed by atoms with van der Waals surface area (Å²) >= 11 is 6.39. The van der Waals surface area contributed by atoms with E-state index in [-0.39, 0.29) is 0 Å². The van der Waals surface area contributed by atoms with Crippen molar-refractivity contribution >= 4 is 11.6 Å². The maximum atomic E-state index is 6.39. The molecule has 120 valence electrons. The minimum Gasteiger partial charge on any atom is -0.294 e. The van der Waals surface area contributed by atoms with Crippen LogP contribution in [0.4, 0.5) is 0 Å². The summed E-state index contributed by atoms with van der Waals surface area (Å²) in [6, 6.07) is 2.66. The molecule has 0 radical (unpaired) electrons. The van der Waals surface area contributed by atoms with Gasteiger partial charge >= 0.3 is 0 Å². The molecule has 0 amide bonds. The molecule has 0 spiro atoms. The fourth-order valence-corrected chi connectivity index (χ4v) is 3.66. The summed E-state index contributed by atoms with van der Waals surface area (Å²) in [6.45, 7) is 9.16. The first-order valence-electron chi connectivity index (χ1n) is 7.88. The molecule has 0 aliphatic carbocycles. The number of halogens is 1. The molecule has 1 fully saturated rings. The van der Waals surface area contributed by atoms with Crippen LogP contribution < -0.4 is 0 Å². The Bertz CT molecular complexity index is 672. The monoisotopic (exact) mass is 321 g/mol. The minimum atomic E-state index is 0.522. The first kappa shape index (κ1) is 15.6. The van der Waals surface area contributed by atoms with Gasteiger partial charge in [0.05, 0.1) is 17.9 Å². The van der Waals surface area contributed by atoms with Crippen molar-refractivity contribution in [1.29, 1.82) is 0 Å². The molecular weight excluding hydrogens is 298 g/mol. The van der Waals surface area contributed by atoms with Crippen molar-refractivity contribution < 1.29 is 0 Å². The van der Waals surface area contributed by atoms with Gasteiger partial charge in [0, 0.05) is 30.9 Å². The van der Waals surface area contributed by atoms with Crippen molar-refractivity contribution in [3.63, 3.8) is 0 Å². The Hall–Kier alpha value is -1.33. The number of nitrogens with zero attached hydrogens (tertiary/aromatic N) is 5. The second-order valence-corrected chi connectivity index (χ2v) is 6.71. The lowest BCUT2D eigenvalue weighted by Crippen LogP contribution is -2.33. The topological polar surface area (TPSA) is 38.9 Å². The van der Waals surface area contributed by atoms with E-state index in [0.29, 0.717) is 6.04 Å². The summed E-state index contributed by atoms with van der Waals surface area (Å²) < 4.78 is 3.90. The molecule has 22 heavy (non-hydrogen) atoms. The zero-order chi connectivity index (χ0) is 15.9. The van der Waals surface area contributed by atoms with Crippen LogP contribution in [-0.4, -0.2) is 37.0 Å². The normalized spacial score (nSPS) is 19.2. The third kappa shape index (κ3) is 2.92. The maximum absolute atomic E-state index is 6.39. The minimum absolute atomic E-state index is 0.522. The summed E-state index contributed by atoms with van der Waals surface area (Å²) in [6.07, 6.45) is 2.45. The zero-order valence-corrected chi connectivity index (χ0v) is 14.6. The van der Waals surface area contributed by atoms with Crippen LogP contribution in [0.15, 0.2) is 6.07 Å². The first-order valence-corrected chi connectivity index (χ1v) is 8.26. The molecule has 1 saturated heterocycles. The molecule has 1 aliphatic rings. The Balaban J connectivity index is 1.74. The van der Waals surface area contributed by atoms with Crippen molar-refractivity contribution in [3.05, 3.63) is 33.9 Å². The molecule has 1 atom stereocenters. The Morgan fingerprint density at radius 2 is 2.05 bits per heavy atom. The number of aromatic nitrogens is 4. The molecule has 1 aliphatic heterocycles. The fraction of sp³-hybridized carbons (Fsp3) is 0.625. The van der Waals surface area contributed by atoms with Crippen LogP contribution >= 0.6 is 11.6 Å². The van der Waals surface area contributed by atoms with Gasteiger partial charge in [0.2, 0.25) is 0 Å². The van der Waals surface area contributed by atoms with E-state index in [1.165, 1.54) is 18.5 Å². The number of rotatable bonds is 4. The quantitative estimate of drug-likeness (QED) is 0.869. The van der Waals surface area contributed by atoms with Crippen molar-refractivity contribution in [2.24, 2.45) is 7.05 Å². The van der Waals surface area contributed by atoms with Gasteiger partial charge in [-0.2, -0.15) is 10.2 Å². The van der Waals surface area contributed by atoms with Gasteiger partial charge in [-0.25, -0.2) is 0 Å². The SMILES string of the molecule is Cc1cc(C)n(C[C@H]2CCCN2Cc2c(C)nn(C)c2Cl)n1. The lowest BCUT2D eigenvalue weighted by Gasteiger charge is -2.25. The molecule has 0 bridgehead atoms. The highest BCUT2D eigenvalue weighted by atomic mass is 35.5. The van der Waals surface area contributed by atoms with E-state index in [9.17, 15) is 0 Å². The highest BCUT2D eigenvalue weighted by Crippen LogP contribution is 2.26. The van der Waals surface area contributed by atoms with Gasteiger partial charge < -0.3 is 0 Å². The van der Waals surface area contributed by atoms with Gasteiger partial charge in [0.15, 0.2) is 0 Å². The van der Waals surface area contributed by atoms with E-state index in [2.05, 4.69) is 39.7 Å². The number of likely N-dealkylation sites (tertiary alicyclic amines) is 1. The van der Waals surface area contributed by atoms with Crippen LogP contribution in [-0.2, 0) is 20.1 Å². The second kappa shape index (κ2) is 6.05. The van der Waals surface area contributed by atoms with Gasteiger partial charge in [0.1, 0.15) is 5.15 Å². The lowest BCUT2D eigenvalue weighted by atomic mass is 10.2. The smallest absolute Gasteiger partial charge is 0.131 e. The molecule has 0 N–H and O–H groups in total. The predicted molar refractivity (Wildman–Crippen MR) is 88.1 cm³/mol. The van der Waals surface area contributed by atoms with Gasteiger partial charge in [-0.3, -0.25) is 14.3 Å². The molecule has 3 rings (SSSR count). The third-order valence-corrected chi connectivity index (χ3v) is 5.09. The van der Waals surface area contributed by atoms with E-state index in [1.807, 2.05) is 14.0 Å². The highest BCUT2D eigenvalue weighted by molar-refractivity contribution is 6.30. The summed E-state index contributed by atoms with van der Waals surface area (Å²) in [5.74, 6) is 0. The van der Waals surface area contributed by atoms with Crippen molar-refractivity contribution in [3.8, 4) is 0 Å². The van der Waals surface area contributed by atoms with E-state index < -0.39 is 0 Å². The van der Waals surface area contributed by atoms with E-state index >= 15 is 0 Å². The van der Waals surface area contributed by atoms with Crippen LogP contribution in [0.1, 0.15) is 35.5 Å². The summed E-state index contributed by atoms with van der Waals surface area (Å²) in [5.41, 5.74) is 4.52. The largest absolute Gasteiger partial charge is 0.294 e. The summed E-state index contributed by atoms with van der Waals surface area (Å²) in [5, 5.41) is 9.78. The average molecular weight is 322 g/mol. The van der Waals surface area contributed by atoms with Crippen LogP contribution in [0.25, 0.3) is 0 Å². The van der Waals surface area contributed by atoms with Crippen molar-refractivity contribution in [1.82, 2.24) is 24.5 Å². The van der Waals surface area contributed by atoms with Crippen LogP contribution in [0, 0.1) is 20.8 Å². The third-order valence-electron chi connectivity index (χ3n) is 4.62. The molecule has 5 nitrogen and oxygen atoms in total. The highest BCUT2D eigenvalue weighted by Gasteiger charge is 2.27. The van der Waals surface area contributed by atoms with Gasteiger partial charge in [-0.1, -0.05) is 11.6 Å². The zero-order valence-electron chi connectivity index (χ0n) is 13.8. The number of hydrogen-bond donors (Lipinski definition) is 0. The molecule has 3 heterocycles. The summed E-state index contributed by atoms with van der Waals surface area (Å²) in [7, 11) is 1.90. The molecular formula is C16H24ClN5. The standard InChI is InChI=1S/C16H24ClN5/c1-11-8-12(2)22(18-11)9-14-6-5-7-21(14)10-15-13(3)19-20(4)16(15)17/h8,14H,5-7,9-10H2,1-4H3/t14-/m1/s1. The molecule has 0 unspecified atom stereocenters. The average Bonchev–Trinajstić information content (AvgIpc) is 3.08. The first-order chi connectivity index (χ1) is 10.5. The second-order valence-electron chi connectivity index (χ2n) is 6.35. The Morgan fingerprint density at radius 1 is 1.27 bits per heavy atom. The summed E-state index contributed by atoms with van der Waals surface area (Å²) in [4.78, 5) is 2.52. The molecule has 6 heteroatoms. The van der Waals surface area contributed by atoms with E-state index in [4.69, 9.17) is 11.6 Å². The van der Waals surface area contributed by atoms with Gasteiger partial charge in [0.25, 0.3) is 0 Å². The van der Waals surface area contributed by atoms with E-state index in [1.54, 1.807) is 4.68 Å². The van der Waals surface area contributed by atoms with E-state index in [0.717, 1.165) is 41.7 Å². The molecule has 2 aromatic heterocycles. The van der Waals surface area contributed by atoms with Gasteiger partial charge in [-0.15, -0.1) is 0 Å². The van der Waals surface area contributed by atoms with Crippen molar-refractivity contribution in [2.45, 2.75) is 52.7 Å². The number of aryl methyl sites for hydroxylation is 4. The van der Waals surface area contributed by atoms with Gasteiger partial charge in [-0.05, 0) is 46.2 Å². The molecule has 0 saturated carbocycles. The van der Waals surface area contributed by atoms with Crippen LogP contribution in [0.3, 0.4) is 0 Å². The maximum Gasteiger partial charge on any atom is 0.131 e. The Labute approximate surface area is 136 Å². The Kier molecular flexibility index (Phi) is 4.28. The lowest BCUT2D eigenvalue weighted by molar-refractivity contribution is 0.217. The number of hydrogen-bond acceptors (Lipinski definition) is 3. The molecule has 0 aromatic carbocycles. The Morgan fingerprint density at radius 3 is 2.64 bits per heavy atom. The van der Waals surface area contributed by atoms with Crippen molar-refractivity contribution in [2.75, 3.05) is 6.54 Å².